The maximum Gasteiger partial charge on any atom is 0.253 e. The lowest BCUT2D eigenvalue weighted by Crippen LogP contribution is -2.49. The van der Waals surface area contributed by atoms with E-state index in [9.17, 15) is 9.59 Å². The number of amides is 2. The molecule has 0 aliphatic carbocycles. The number of hydrogen-bond acceptors (Lipinski definition) is 3. The highest BCUT2D eigenvalue weighted by Crippen LogP contribution is 2.11. The van der Waals surface area contributed by atoms with Crippen molar-refractivity contribution < 1.29 is 9.59 Å². The largest absolute Gasteiger partial charge is 0.366 e. The molecule has 0 saturated carbocycles. The van der Waals surface area contributed by atoms with Gasteiger partial charge < -0.3 is 10.6 Å². The van der Waals surface area contributed by atoms with Crippen molar-refractivity contribution in [1.82, 2.24) is 9.80 Å². The van der Waals surface area contributed by atoms with E-state index in [4.69, 9.17) is 5.73 Å². The molecule has 2 aromatic rings. The van der Waals surface area contributed by atoms with Crippen LogP contribution in [0.4, 0.5) is 0 Å². The Balaban J connectivity index is 1.49. The minimum absolute atomic E-state index is 0.0127. The van der Waals surface area contributed by atoms with E-state index in [0.717, 1.165) is 39.1 Å². The van der Waals surface area contributed by atoms with Crippen LogP contribution in [0.2, 0.25) is 0 Å². The van der Waals surface area contributed by atoms with Crippen molar-refractivity contribution in [2.75, 3.05) is 32.7 Å². The lowest BCUT2D eigenvalue weighted by molar-refractivity contribution is 0.0638. The van der Waals surface area contributed by atoms with Crippen LogP contribution in [0.1, 0.15) is 26.3 Å². The van der Waals surface area contributed by atoms with Gasteiger partial charge >= 0.3 is 0 Å². The van der Waals surface area contributed by atoms with Gasteiger partial charge in [-0.25, -0.2) is 0 Å². The van der Waals surface area contributed by atoms with Crippen molar-refractivity contribution >= 4 is 11.8 Å². The smallest absolute Gasteiger partial charge is 0.253 e. The molecule has 0 radical (unpaired) electrons. The standard InChI is InChI=1S/C20H23N3O2/c21-19(24)17-6-8-18(9-7-17)20(25)23-14-12-22(13-15-23)11-10-16-4-2-1-3-5-16/h1-9H,10-15H2,(H2,21,24). The maximum atomic E-state index is 12.6. The van der Waals surface area contributed by atoms with Gasteiger partial charge in [0, 0.05) is 43.9 Å². The first-order chi connectivity index (χ1) is 12.1. The number of nitrogens with two attached hydrogens (primary N) is 1. The average Bonchev–Trinajstić information content (AvgIpc) is 2.67. The van der Waals surface area contributed by atoms with Crippen molar-refractivity contribution in [3.05, 3.63) is 71.3 Å². The molecule has 5 nitrogen and oxygen atoms in total. The highest BCUT2D eigenvalue weighted by molar-refractivity contribution is 5.97. The summed E-state index contributed by atoms with van der Waals surface area (Å²) in [5.74, 6) is -0.468. The summed E-state index contributed by atoms with van der Waals surface area (Å²) in [6, 6.07) is 17.0. The van der Waals surface area contributed by atoms with E-state index in [1.807, 2.05) is 11.0 Å². The fraction of sp³-hybridized carbons (Fsp3) is 0.300. The lowest BCUT2D eigenvalue weighted by atomic mass is 10.1. The number of primary amides is 1. The second-order valence-corrected chi connectivity index (χ2v) is 6.31. The first-order valence-electron chi connectivity index (χ1n) is 8.59. The van der Waals surface area contributed by atoms with Gasteiger partial charge in [-0.1, -0.05) is 30.3 Å². The summed E-state index contributed by atoms with van der Waals surface area (Å²) < 4.78 is 0. The van der Waals surface area contributed by atoms with Crippen molar-refractivity contribution in [2.24, 2.45) is 5.73 Å². The molecule has 1 heterocycles. The van der Waals surface area contributed by atoms with Crippen LogP contribution in [0, 0.1) is 0 Å². The Morgan fingerprint density at radius 1 is 0.840 bits per heavy atom. The molecule has 25 heavy (non-hydrogen) atoms. The zero-order chi connectivity index (χ0) is 17.6. The number of carbonyl (C=O) groups is 2. The highest BCUT2D eigenvalue weighted by Gasteiger charge is 2.22. The van der Waals surface area contributed by atoms with Gasteiger partial charge in [-0.15, -0.1) is 0 Å². The molecule has 0 spiro atoms. The summed E-state index contributed by atoms with van der Waals surface area (Å²) in [4.78, 5) is 27.9. The molecular formula is C20H23N3O2. The molecule has 5 heteroatoms. The van der Waals surface area contributed by atoms with Crippen molar-refractivity contribution in [2.45, 2.75) is 6.42 Å². The third-order valence-electron chi connectivity index (χ3n) is 4.64. The molecule has 0 aromatic heterocycles. The van der Waals surface area contributed by atoms with Crippen LogP contribution in [0.5, 0.6) is 0 Å². The van der Waals surface area contributed by atoms with Crippen LogP contribution in [-0.4, -0.2) is 54.3 Å². The monoisotopic (exact) mass is 337 g/mol. The zero-order valence-corrected chi connectivity index (χ0v) is 14.2. The summed E-state index contributed by atoms with van der Waals surface area (Å²) in [6.45, 7) is 4.24. The van der Waals surface area contributed by atoms with E-state index < -0.39 is 5.91 Å². The number of benzene rings is 2. The third kappa shape index (κ3) is 4.45. The normalized spacial score (nSPS) is 15.1. The number of nitrogens with zero attached hydrogens (tertiary/aromatic N) is 2. The molecule has 2 amide bonds. The second kappa shape index (κ2) is 7.94. The van der Waals surface area contributed by atoms with Crippen LogP contribution in [0.3, 0.4) is 0 Å². The highest BCUT2D eigenvalue weighted by atomic mass is 16.2. The average molecular weight is 337 g/mol. The Labute approximate surface area is 148 Å². The molecule has 0 unspecified atom stereocenters. The molecule has 130 valence electrons. The molecule has 1 saturated heterocycles. The number of piperazine rings is 1. The molecule has 0 atom stereocenters. The Hall–Kier alpha value is -2.66. The fourth-order valence-electron chi connectivity index (χ4n) is 3.07. The van der Waals surface area contributed by atoms with Gasteiger partial charge in [0.25, 0.3) is 5.91 Å². The Morgan fingerprint density at radius 3 is 2.04 bits per heavy atom. The molecule has 1 fully saturated rings. The summed E-state index contributed by atoms with van der Waals surface area (Å²) in [6.07, 6.45) is 1.03. The molecule has 2 aromatic carbocycles. The summed E-state index contributed by atoms with van der Waals surface area (Å²) in [5.41, 5.74) is 7.59. The van der Waals surface area contributed by atoms with E-state index in [-0.39, 0.29) is 5.91 Å². The van der Waals surface area contributed by atoms with Gasteiger partial charge in [-0.3, -0.25) is 14.5 Å². The van der Waals surface area contributed by atoms with Gasteiger partial charge in [0.15, 0.2) is 0 Å². The predicted molar refractivity (Wildman–Crippen MR) is 97.4 cm³/mol. The molecule has 1 aliphatic rings. The minimum Gasteiger partial charge on any atom is -0.366 e. The molecule has 2 N–H and O–H groups in total. The number of rotatable bonds is 5. The summed E-state index contributed by atoms with van der Waals surface area (Å²) in [5, 5.41) is 0. The Kier molecular flexibility index (Phi) is 5.46. The van der Waals surface area contributed by atoms with Gasteiger partial charge in [0.2, 0.25) is 5.91 Å². The van der Waals surface area contributed by atoms with E-state index in [0.29, 0.717) is 11.1 Å². The Bertz CT molecular complexity index is 720. The van der Waals surface area contributed by atoms with Gasteiger partial charge in [-0.2, -0.15) is 0 Å². The van der Waals surface area contributed by atoms with Crippen LogP contribution in [0.25, 0.3) is 0 Å². The minimum atomic E-state index is -0.481. The number of carbonyl (C=O) groups excluding carboxylic acids is 2. The van der Waals surface area contributed by atoms with Crippen molar-refractivity contribution in [3.8, 4) is 0 Å². The summed E-state index contributed by atoms with van der Waals surface area (Å²) in [7, 11) is 0. The van der Waals surface area contributed by atoms with E-state index in [1.54, 1.807) is 24.3 Å². The lowest BCUT2D eigenvalue weighted by Gasteiger charge is -2.34. The molecule has 3 rings (SSSR count). The maximum absolute atomic E-state index is 12.6. The van der Waals surface area contributed by atoms with E-state index in [1.165, 1.54) is 5.56 Å². The first kappa shape index (κ1) is 17.2. The van der Waals surface area contributed by atoms with E-state index in [2.05, 4.69) is 29.2 Å². The van der Waals surface area contributed by atoms with Gasteiger partial charge in [-0.05, 0) is 36.2 Å². The zero-order valence-electron chi connectivity index (χ0n) is 14.2. The second-order valence-electron chi connectivity index (χ2n) is 6.31. The van der Waals surface area contributed by atoms with Crippen LogP contribution in [-0.2, 0) is 6.42 Å². The third-order valence-corrected chi connectivity index (χ3v) is 4.64. The van der Waals surface area contributed by atoms with Crippen LogP contribution < -0.4 is 5.73 Å². The SMILES string of the molecule is NC(=O)c1ccc(C(=O)N2CCN(CCc3ccccc3)CC2)cc1. The fourth-order valence-corrected chi connectivity index (χ4v) is 3.07. The van der Waals surface area contributed by atoms with Crippen molar-refractivity contribution in [3.63, 3.8) is 0 Å². The molecule has 0 bridgehead atoms. The van der Waals surface area contributed by atoms with Gasteiger partial charge in [0.1, 0.15) is 0 Å². The predicted octanol–water partition coefficient (Wildman–Crippen LogP) is 1.79. The Morgan fingerprint density at radius 2 is 1.44 bits per heavy atom. The van der Waals surface area contributed by atoms with Gasteiger partial charge in [0.05, 0.1) is 0 Å². The van der Waals surface area contributed by atoms with Crippen molar-refractivity contribution in [1.29, 1.82) is 0 Å². The van der Waals surface area contributed by atoms with E-state index >= 15 is 0 Å². The number of hydrogen-bond donors (Lipinski definition) is 1. The summed E-state index contributed by atoms with van der Waals surface area (Å²) >= 11 is 0. The van der Waals surface area contributed by atoms with Crippen LogP contribution >= 0.6 is 0 Å². The topological polar surface area (TPSA) is 66.6 Å². The van der Waals surface area contributed by atoms with Crippen LogP contribution in [0.15, 0.2) is 54.6 Å². The first-order valence-corrected chi connectivity index (χ1v) is 8.59. The molecular weight excluding hydrogens is 314 g/mol. The molecule has 1 aliphatic heterocycles. The quantitative estimate of drug-likeness (QED) is 0.904.